The molecule has 0 atom stereocenters. The zero-order valence-corrected chi connectivity index (χ0v) is 13.6. The molecule has 0 bridgehead atoms. The number of benzene rings is 2. The van der Waals surface area contributed by atoms with Crippen LogP contribution in [0.3, 0.4) is 0 Å². The second-order valence-electron chi connectivity index (χ2n) is 5.72. The zero-order valence-electron chi connectivity index (χ0n) is 13.6. The van der Waals surface area contributed by atoms with Crippen LogP contribution in [0.1, 0.15) is 5.56 Å². The number of methoxy groups -OCH3 is 1. The Bertz CT molecular complexity index is 986. The van der Waals surface area contributed by atoms with Crippen LogP contribution in [-0.2, 0) is 0 Å². The summed E-state index contributed by atoms with van der Waals surface area (Å²) in [6.45, 7) is 2.08. The van der Waals surface area contributed by atoms with Gasteiger partial charge >= 0.3 is 0 Å². The summed E-state index contributed by atoms with van der Waals surface area (Å²) >= 11 is 0. The lowest BCUT2D eigenvalue weighted by Crippen LogP contribution is -1.95. The van der Waals surface area contributed by atoms with E-state index in [1.807, 2.05) is 47.1 Å². The van der Waals surface area contributed by atoms with Crippen LogP contribution in [0.15, 0.2) is 66.9 Å². The summed E-state index contributed by atoms with van der Waals surface area (Å²) in [5.74, 6) is 0.838. The average Bonchev–Trinajstić information content (AvgIpc) is 3.06. The van der Waals surface area contributed by atoms with Crippen molar-refractivity contribution in [3.8, 4) is 28.3 Å². The first-order valence-corrected chi connectivity index (χ1v) is 7.81. The van der Waals surface area contributed by atoms with Crippen molar-refractivity contribution in [3.05, 3.63) is 72.4 Å². The lowest BCUT2D eigenvalue weighted by atomic mass is 10.1. The smallest absolute Gasteiger partial charge is 0.156 e. The van der Waals surface area contributed by atoms with Crippen molar-refractivity contribution in [1.82, 2.24) is 14.6 Å². The van der Waals surface area contributed by atoms with Gasteiger partial charge in [0.25, 0.3) is 0 Å². The second kappa shape index (κ2) is 5.81. The predicted molar refractivity (Wildman–Crippen MR) is 95.1 cm³/mol. The van der Waals surface area contributed by atoms with Crippen LogP contribution in [0.4, 0.5) is 0 Å². The number of hydrogen-bond acceptors (Lipinski definition) is 3. The van der Waals surface area contributed by atoms with Gasteiger partial charge in [-0.05, 0) is 37.3 Å². The number of ether oxygens (including phenoxy) is 1. The quantitative estimate of drug-likeness (QED) is 0.563. The third-order valence-corrected chi connectivity index (χ3v) is 4.09. The Morgan fingerprint density at radius 2 is 1.58 bits per heavy atom. The SMILES string of the molecule is COc1ccc(-c2ccnc3cc(-c4ccc(C)cc4)nn23)cc1. The van der Waals surface area contributed by atoms with Crippen LogP contribution in [0, 0.1) is 6.92 Å². The summed E-state index contributed by atoms with van der Waals surface area (Å²) in [7, 11) is 1.67. The molecule has 4 rings (SSSR count). The maximum Gasteiger partial charge on any atom is 0.156 e. The number of aromatic nitrogens is 3. The number of rotatable bonds is 3. The van der Waals surface area contributed by atoms with Crippen LogP contribution in [0.5, 0.6) is 5.75 Å². The third kappa shape index (κ3) is 2.52. The number of hydrogen-bond donors (Lipinski definition) is 0. The monoisotopic (exact) mass is 315 g/mol. The first-order chi connectivity index (χ1) is 11.7. The summed E-state index contributed by atoms with van der Waals surface area (Å²) in [4.78, 5) is 4.44. The van der Waals surface area contributed by atoms with E-state index in [9.17, 15) is 0 Å². The minimum Gasteiger partial charge on any atom is -0.497 e. The Morgan fingerprint density at radius 3 is 2.29 bits per heavy atom. The Morgan fingerprint density at radius 1 is 0.875 bits per heavy atom. The van der Waals surface area contributed by atoms with Gasteiger partial charge in [-0.25, -0.2) is 9.50 Å². The lowest BCUT2D eigenvalue weighted by molar-refractivity contribution is 0.415. The molecule has 2 heterocycles. The molecule has 2 aromatic carbocycles. The van der Waals surface area contributed by atoms with Crippen LogP contribution in [-0.4, -0.2) is 21.7 Å². The van der Waals surface area contributed by atoms with Gasteiger partial charge in [0.2, 0.25) is 0 Å². The highest BCUT2D eigenvalue weighted by molar-refractivity contribution is 5.68. The minimum atomic E-state index is 0.832. The van der Waals surface area contributed by atoms with E-state index in [1.54, 1.807) is 7.11 Å². The van der Waals surface area contributed by atoms with Crippen molar-refractivity contribution >= 4 is 5.65 Å². The van der Waals surface area contributed by atoms with E-state index < -0.39 is 0 Å². The van der Waals surface area contributed by atoms with Gasteiger partial charge in [0, 0.05) is 23.4 Å². The molecular formula is C20H17N3O. The molecule has 0 amide bonds. The first-order valence-electron chi connectivity index (χ1n) is 7.81. The molecule has 118 valence electrons. The number of aryl methyl sites for hydroxylation is 1. The van der Waals surface area contributed by atoms with Gasteiger partial charge in [-0.2, -0.15) is 5.10 Å². The Hall–Kier alpha value is -3.14. The van der Waals surface area contributed by atoms with Gasteiger partial charge in [0.15, 0.2) is 5.65 Å². The first kappa shape index (κ1) is 14.5. The van der Waals surface area contributed by atoms with Crippen molar-refractivity contribution in [3.63, 3.8) is 0 Å². The second-order valence-corrected chi connectivity index (χ2v) is 5.72. The molecule has 24 heavy (non-hydrogen) atoms. The normalized spacial score (nSPS) is 10.9. The molecule has 4 aromatic rings. The van der Waals surface area contributed by atoms with Crippen LogP contribution >= 0.6 is 0 Å². The van der Waals surface area contributed by atoms with Crippen LogP contribution in [0.2, 0.25) is 0 Å². The van der Waals surface area contributed by atoms with Gasteiger partial charge in [0.05, 0.1) is 18.5 Å². The minimum absolute atomic E-state index is 0.832. The van der Waals surface area contributed by atoms with E-state index in [1.165, 1.54) is 5.56 Å². The zero-order chi connectivity index (χ0) is 16.5. The van der Waals surface area contributed by atoms with Gasteiger partial charge in [-0.15, -0.1) is 0 Å². The average molecular weight is 315 g/mol. The van der Waals surface area contributed by atoms with Crippen molar-refractivity contribution in [2.75, 3.05) is 7.11 Å². The summed E-state index contributed by atoms with van der Waals surface area (Å²) in [5.41, 5.74) is 6.15. The van der Waals surface area contributed by atoms with Crippen LogP contribution in [0.25, 0.3) is 28.2 Å². The number of nitrogens with zero attached hydrogens (tertiary/aromatic N) is 3. The topological polar surface area (TPSA) is 39.4 Å². The Labute approximate surface area is 140 Å². The maximum atomic E-state index is 5.23. The standard InChI is InChI=1S/C20H17N3O/c1-14-3-5-15(6-4-14)18-13-20-21-12-11-19(23(20)22-18)16-7-9-17(24-2)10-8-16/h3-13H,1-2H3. The fraction of sp³-hybridized carbons (Fsp3) is 0.100. The summed E-state index contributed by atoms with van der Waals surface area (Å²) in [6, 6.07) is 20.3. The van der Waals surface area contributed by atoms with Gasteiger partial charge < -0.3 is 4.74 Å². The summed E-state index contributed by atoms with van der Waals surface area (Å²) < 4.78 is 7.12. The molecular weight excluding hydrogens is 298 g/mol. The fourth-order valence-electron chi connectivity index (χ4n) is 2.74. The highest BCUT2D eigenvalue weighted by atomic mass is 16.5. The molecule has 0 aliphatic carbocycles. The van der Waals surface area contributed by atoms with Gasteiger partial charge in [-0.3, -0.25) is 0 Å². The van der Waals surface area contributed by atoms with Gasteiger partial charge in [0.1, 0.15) is 5.75 Å². The van der Waals surface area contributed by atoms with Crippen molar-refractivity contribution < 1.29 is 4.74 Å². The molecule has 4 nitrogen and oxygen atoms in total. The molecule has 0 spiro atoms. The largest absolute Gasteiger partial charge is 0.497 e. The van der Waals surface area contributed by atoms with Crippen molar-refractivity contribution in [2.24, 2.45) is 0 Å². The highest BCUT2D eigenvalue weighted by Gasteiger charge is 2.10. The molecule has 0 aliphatic heterocycles. The van der Waals surface area contributed by atoms with Crippen LogP contribution < -0.4 is 4.74 Å². The van der Waals surface area contributed by atoms with Crippen molar-refractivity contribution in [1.29, 1.82) is 0 Å². The number of fused-ring (bicyclic) bond motifs is 1. The van der Waals surface area contributed by atoms with Crippen molar-refractivity contribution in [2.45, 2.75) is 6.92 Å². The fourth-order valence-corrected chi connectivity index (χ4v) is 2.74. The predicted octanol–water partition coefficient (Wildman–Crippen LogP) is 4.38. The van der Waals surface area contributed by atoms with E-state index in [0.29, 0.717) is 0 Å². The molecule has 0 N–H and O–H groups in total. The molecule has 0 saturated carbocycles. The molecule has 0 saturated heterocycles. The maximum absolute atomic E-state index is 5.23. The third-order valence-electron chi connectivity index (χ3n) is 4.09. The molecule has 0 radical (unpaired) electrons. The van der Waals surface area contributed by atoms with Gasteiger partial charge in [-0.1, -0.05) is 29.8 Å². The van der Waals surface area contributed by atoms with E-state index in [4.69, 9.17) is 9.84 Å². The molecule has 0 unspecified atom stereocenters. The Kier molecular flexibility index (Phi) is 3.50. The van der Waals surface area contributed by atoms with E-state index in [2.05, 4.69) is 36.2 Å². The van der Waals surface area contributed by atoms with E-state index in [-0.39, 0.29) is 0 Å². The molecule has 2 aromatic heterocycles. The summed E-state index contributed by atoms with van der Waals surface area (Å²) in [5, 5.41) is 4.75. The molecule has 0 fully saturated rings. The van der Waals surface area contributed by atoms with E-state index >= 15 is 0 Å². The summed E-state index contributed by atoms with van der Waals surface area (Å²) in [6.07, 6.45) is 1.81. The lowest BCUT2D eigenvalue weighted by Gasteiger charge is -2.05. The molecule has 4 heteroatoms. The van der Waals surface area contributed by atoms with E-state index in [0.717, 1.165) is 33.9 Å². The molecule has 0 aliphatic rings. The highest BCUT2D eigenvalue weighted by Crippen LogP contribution is 2.25. The Balaban J connectivity index is 1.83.